The number of ether oxygens (including phenoxy) is 2. The summed E-state index contributed by atoms with van der Waals surface area (Å²) in [6, 6.07) is 17.0. The Morgan fingerprint density at radius 1 is 0.667 bits per heavy atom. The van der Waals surface area contributed by atoms with Crippen LogP contribution in [0.15, 0.2) is 58.5 Å². The van der Waals surface area contributed by atoms with Crippen molar-refractivity contribution in [3.63, 3.8) is 0 Å². The number of aliphatic imine (C=N–C) groups is 2. The molecule has 0 N–H and O–H groups in total. The summed E-state index contributed by atoms with van der Waals surface area (Å²) in [6.07, 6.45) is 0. The molecule has 0 aliphatic carbocycles. The zero-order valence-corrected chi connectivity index (χ0v) is 16.4. The van der Waals surface area contributed by atoms with Crippen LogP contribution in [0.25, 0.3) is 0 Å². The van der Waals surface area contributed by atoms with Crippen LogP contribution in [0.3, 0.4) is 0 Å². The van der Waals surface area contributed by atoms with E-state index in [4.69, 9.17) is 9.47 Å². The molecule has 0 unspecified atom stereocenters. The van der Waals surface area contributed by atoms with Crippen LogP contribution in [0.5, 0.6) is 0 Å². The Kier molecular flexibility index (Phi) is 5.00. The van der Waals surface area contributed by atoms with Gasteiger partial charge in [-0.1, -0.05) is 0 Å². The summed E-state index contributed by atoms with van der Waals surface area (Å²) in [5.74, 6) is 1.61. The Hall–Kier alpha value is -1.58. The van der Waals surface area contributed by atoms with Gasteiger partial charge in [0.1, 0.15) is 0 Å². The number of nitrogens with zero attached hydrogens (tertiary/aromatic N) is 2. The van der Waals surface area contributed by atoms with Crippen LogP contribution in [-0.2, 0) is 9.47 Å². The van der Waals surface area contributed by atoms with E-state index in [1.807, 2.05) is 0 Å². The number of rotatable bonds is 5. The summed E-state index contributed by atoms with van der Waals surface area (Å²) in [5, 5.41) is 0. The maximum absolute atomic E-state index is 5.66. The molecule has 2 heterocycles. The van der Waals surface area contributed by atoms with Gasteiger partial charge >= 0.3 is 152 Å². The minimum absolute atomic E-state index is 0.354. The van der Waals surface area contributed by atoms with Crippen LogP contribution in [0.4, 0.5) is 0 Å². The van der Waals surface area contributed by atoms with Crippen LogP contribution in [0, 0.1) is 0 Å². The van der Waals surface area contributed by atoms with E-state index in [2.05, 4.69) is 58.5 Å². The molecule has 0 saturated heterocycles. The molecule has 4 nitrogen and oxygen atoms in total. The Labute approximate surface area is 152 Å². The van der Waals surface area contributed by atoms with Gasteiger partial charge in [-0.3, -0.25) is 0 Å². The fraction of sp³-hybridized carbons (Fsp3) is 0.222. The Morgan fingerprint density at radius 3 is 1.54 bits per heavy atom. The normalized spacial score (nSPS) is 16.3. The van der Waals surface area contributed by atoms with Gasteiger partial charge in [-0.15, -0.1) is 0 Å². The molecule has 6 heteroatoms. The molecule has 2 aromatic carbocycles. The molecular formula is C18H16N2O2Se2. The second-order valence-electron chi connectivity index (χ2n) is 5.23. The maximum atomic E-state index is 5.66. The van der Waals surface area contributed by atoms with E-state index in [0.717, 1.165) is 36.0 Å². The van der Waals surface area contributed by atoms with Crippen LogP contribution in [0.2, 0.25) is 0 Å². The molecule has 0 radical (unpaired) electrons. The third-order valence-corrected chi connectivity index (χ3v) is 10.9. The molecule has 24 heavy (non-hydrogen) atoms. The average Bonchev–Trinajstić information content (AvgIpc) is 3.34. The molecule has 0 spiro atoms. The summed E-state index contributed by atoms with van der Waals surface area (Å²) in [6.45, 7) is 2.92. The first-order valence-corrected chi connectivity index (χ1v) is 13.8. The van der Waals surface area contributed by atoms with Gasteiger partial charge in [0.05, 0.1) is 0 Å². The van der Waals surface area contributed by atoms with E-state index in [1.165, 1.54) is 8.92 Å². The van der Waals surface area contributed by atoms with Gasteiger partial charge in [0.2, 0.25) is 0 Å². The molecule has 2 aliphatic rings. The van der Waals surface area contributed by atoms with Crippen molar-refractivity contribution in [3.8, 4) is 0 Å². The molecule has 2 aliphatic heterocycles. The first-order valence-electron chi connectivity index (χ1n) is 7.79. The van der Waals surface area contributed by atoms with Crippen LogP contribution in [-0.4, -0.2) is 64.4 Å². The Morgan fingerprint density at radius 2 is 1.12 bits per heavy atom. The van der Waals surface area contributed by atoms with Crippen molar-refractivity contribution in [3.05, 3.63) is 59.7 Å². The fourth-order valence-electron chi connectivity index (χ4n) is 2.52. The zero-order chi connectivity index (χ0) is 16.2. The molecular weight excluding hydrogens is 434 g/mol. The van der Waals surface area contributed by atoms with E-state index in [-0.39, 0.29) is 0 Å². The third kappa shape index (κ3) is 3.42. The summed E-state index contributed by atoms with van der Waals surface area (Å²) < 4.78 is 14.0. The third-order valence-electron chi connectivity index (χ3n) is 3.63. The Balaban J connectivity index is 1.56. The first-order chi connectivity index (χ1) is 11.9. The van der Waals surface area contributed by atoms with E-state index < -0.39 is 0 Å². The topological polar surface area (TPSA) is 43.2 Å². The van der Waals surface area contributed by atoms with Crippen molar-refractivity contribution in [2.75, 3.05) is 26.3 Å². The van der Waals surface area contributed by atoms with Gasteiger partial charge in [-0.2, -0.15) is 0 Å². The van der Waals surface area contributed by atoms with Gasteiger partial charge in [-0.05, 0) is 0 Å². The first kappa shape index (κ1) is 15.9. The average molecular weight is 450 g/mol. The van der Waals surface area contributed by atoms with E-state index in [1.54, 1.807) is 0 Å². The number of benzene rings is 2. The second-order valence-corrected chi connectivity index (χ2v) is 11.4. The van der Waals surface area contributed by atoms with Gasteiger partial charge in [0.25, 0.3) is 0 Å². The second kappa shape index (κ2) is 7.54. The Bertz CT molecular complexity index is 738. The quantitative estimate of drug-likeness (QED) is 0.624. The molecule has 4 rings (SSSR count). The van der Waals surface area contributed by atoms with Gasteiger partial charge in [-0.25, -0.2) is 0 Å². The molecule has 0 fully saturated rings. The standard InChI is InChI=1S/C18H16N2O2Se2/c1-3-7-15(13(5-1)17-19-9-11-21-17)23-24-16-8-4-2-6-14(16)18-20-10-12-22-18/h1-8H,9-12H2. The molecule has 0 saturated carbocycles. The predicted octanol–water partition coefficient (Wildman–Crippen LogP) is 0.514. The van der Waals surface area contributed by atoms with Crippen molar-refractivity contribution in [1.29, 1.82) is 0 Å². The van der Waals surface area contributed by atoms with Crippen LogP contribution >= 0.6 is 0 Å². The number of hydrogen-bond donors (Lipinski definition) is 0. The van der Waals surface area contributed by atoms with Crippen molar-refractivity contribution in [1.82, 2.24) is 0 Å². The zero-order valence-electron chi connectivity index (χ0n) is 13.0. The van der Waals surface area contributed by atoms with E-state index in [9.17, 15) is 0 Å². The molecule has 2 aromatic rings. The minimum atomic E-state index is 0.354. The summed E-state index contributed by atoms with van der Waals surface area (Å²) in [7, 11) is 0. The van der Waals surface area contributed by atoms with Crippen LogP contribution < -0.4 is 8.92 Å². The van der Waals surface area contributed by atoms with Gasteiger partial charge in [0, 0.05) is 0 Å². The molecule has 0 amide bonds. The van der Waals surface area contributed by atoms with Crippen LogP contribution in [0.1, 0.15) is 11.1 Å². The predicted molar refractivity (Wildman–Crippen MR) is 98.4 cm³/mol. The van der Waals surface area contributed by atoms with Crippen molar-refractivity contribution in [2.24, 2.45) is 9.98 Å². The van der Waals surface area contributed by atoms with Gasteiger partial charge in [0.15, 0.2) is 0 Å². The van der Waals surface area contributed by atoms with Crippen molar-refractivity contribution in [2.45, 2.75) is 0 Å². The monoisotopic (exact) mass is 452 g/mol. The van der Waals surface area contributed by atoms with Crippen molar-refractivity contribution < 1.29 is 9.47 Å². The molecule has 0 aromatic heterocycles. The fourth-order valence-corrected chi connectivity index (χ4v) is 9.61. The molecule has 0 atom stereocenters. The van der Waals surface area contributed by atoms with Gasteiger partial charge < -0.3 is 0 Å². The molecule has 122 valence electrons. The summed E-state index contributed by atoms with van der Waals surface area (Å²) >= 11 is 0.709. The number of hydrogen-bond acceptors (Lipinski definition) is 4. The van der Waals surface area contributed by atoms with Crippen molar-refractivity contribution >= 4 is 47.0 Å². The van der Waals surface area contributed by atoms with E-state index >= 15 is 0 Å². The SMILES string of the molecule is c1ccc(C2=NCCO2)c([Se][Se]c2ccccc2C2=NCCO2)c1. The van der Waals surface area contributed by atoms with E-state index in [0.29, 0.717) is 39.5 Å². The molecule has 0 bridgehead atoms. The summed E-state index contributed by atoms with van der Waals surface area (Å²) in [5.41, 5.74) is 2.31. The summed E-state index contributed by atoms with van der Waals surface area (Å²) in [4.78, 5) is 8.95.